The normalized spacial score (nSPS) is 23.2. The highest BCUT2D eigenvalue weighted by molar-refractivity contribution is 5.84. The molecule has 1 unspecified atom stereocenters. The second-order valence-electron chi connectivity index (χ2n) is 5.14. The van der Waals surface area contributed by atoms with Crippen LogP contribution in [-0.2, 0) is 9.53 Å². The molecule has 0 spiro atoms. The molecule has 2 rings (SSSR count). The summed E-state index contributed by atoms with van der Waals surface area (Å²) in [5, 5.41) is 5.35. The van der Waals surface area contributed by atoms with E-state index in [1.54, 1.807) is 4.90 Å². The van der Waals surface area contributed by atoms with Gasteiger partial charge in [-0.1, -0.05) is 0 Å². The van der Waals surface area contributed by atoms with Crippen LogP contribution in [0.4, 0.5) is 4.79 Å². The predicted octanol–water partition coefficient (Wildman–Crippen LogP) is 0.477. The third-order valence-electron chi connectivity index (χ3n) is 3.62. The van der Waals surface area contributed by atoms with Gasteiger partial charge in [0.2, 0.25) is 5.91 Å². The molecule has 19 heavy (non-hydrogen) atoms. The van der Waals surface area contributed by atoms with Crippen molar-refractivity contribution in [1.82, 2.24) is 15.5 Å². The van der Waals surface area contributed by atoms with Crippen LogP contribution < -0.4 is 10.6 Å². The van der Waals surface area contributed by atoms with Gasteiger partial charge in [0.15, 0.2) is 0 Å². The van der Waals surface area contributed by atoms with Crippen molar-refractivity contribution in [2.45, 2.75) is 38.2 Å². The Hall–Kier alpha value is -1.30. The van der Waals surface area contributed by atoms with E-state index in [-0.39, 0.29) is 24.6 Å². The summed E-state index contributed by atoms with van der Waals surface area (Å²) in [4.78, 5) is 25.1. The van der Waals surface area contributed by atoms with E-state index in [4.69, 9.17) is 4.74 Å². The van der Waals surface area contributed by atoms with Crippen LogP contribution in [-0.4, -0.2) is 55.7 Å². The summed E-state index contributed by atoms with van der Waals surface area (Å²) in [5.74, 6) is 0.00145. The van der Waals surface area contributed by atoms with Gasteiger partial charge in [-0.25, -0.2) is 4.79 Å². The fourth-order valence-corrected chi connectivity index (χ4v) is 2.47. The summed E-state index contributed by atoms with van der Waals surface area (Å²) in [6.45, 7) is 3.01. The van der Waals surface area contributed by atoms with Crippen molar-refractivity contribution in [1.29, 1.82) is 0 Å². The van der Waals surface area contributed by atoms with Crippen molar-refractivity contribution in [3.8, 4) is 0 Å². The Kier molecular flexibility index (Phi) is 5.44. The summed E-state index contributed by atoms with van der Waals surface area (Å²) >= 11 is 0. The van der Waals surface area contributed by atoms with Gasteiger partial charge in [-0.15, -0.1) is 0 Å². The average Bonchev–Trinajstić information content (AvgIpc) is 2.98. The molecular weight excluding hydrogens is 246 g/mol. The number of urea groups is 1. The van der Waals surface area contributed by atoms with Crippen LogP contribution in [0.15, 0.2) is 0 Å². The lowest BCUT2D eigenvalue weighted by molar-refractivity contribution is -0.128. The molecule has 6 heteroatoms. The maximum atomic E-state index is 11.7. The Morgan fingerprint density at radius 1 is 1.11 bits per heavy atom. The number of amides is 3. The number of rotatable bonds is 4. The maximum Gasteiger partial charge on any atom is 0.315 e. The molecule has 0 radical (unpaired) electrons. The van der Waals surface area contributed by atoms with Crippen molar-refractivity contribution in [2.24, 2.45) is 0 Å². The van der Waals surface area contributed by atoms with Crippen LogP contribution in [0.1, 0.15) is 32.1 Å². The molecule has 2 aliphatic rings. The van der Waals surface area contributed by atoms with Gasteiger partial charge in [-0.05, 0) is 32.1 Å². The summed E-state index contributed by atoms with van der Waals surface area (Å²) in [7, 11) is 0. The first kappa shape index (κ1) is 14.1. The highest BCUT2D eigenvalue weighted by Gasteiger charge is 2.18. The molecule has 108 valence electrons. The fourth-order valence-electron chi connectivity index (χ4n) is 2.47. The van der Waals surface area contributed by atoms with Crippen LogP contribution in [0.3, 0.4) is 0 Å². The number of carbonyl (C=O) groups excluding carboxylic acids is 2. The molecule has 2 fully saturated rings. The third kappa shape index (κ3) is 4.70. The Balaban J connectivity index is 1.57. The standard InChI is InChI=1S/C13H23N3O3/c17-12(16-6-2-3-7-16)10-15-13(18)14-9-11-5-1-4-8-19-11/h11H,1-10H2,(H2,14,15,18). The van der Waals surface area contributed by atoms with Crippen molar-refractivity contribution in [2.75, 3.05) is 32.8 Å². The van der Waals surface area contributed by atoms with E-state index in [0.29, 0.717) is 6.54 Å². The molecule has 0 aliphatic carbocycles. The number of nitrogens with zero attached hydrogens (tertiary/aromatic N) is 1. The maximum absolute atomic E-state index is 11.7. The summed E-state index contributed by atoms with van der Waals surface area (Å²) in [6, 6.07) is -0.290. The van der Waals surface area contributed by atoms with Crippen molar-refractivity contribution in [3.63, 3.8) is 0 Å². The van der Waals surface area contributed by atoms with Gasteiger partial charge in [0.1, 0.15) is 0 Å². The van der Waals surface area contributed by atoms with Crippen molar-refractivity contribution < 1.29 is 14.3 Å². The first-order valence-corrected chi connectivity index (χ1v) is 7.17. The quantitative estimate of drug-likeness (QED) is 0.779. The van der Waals surface area contributed by atoms with Crippen LogP contribution >= 0.6 is 0 Å². The number of nitrogens with one attached hydrogen (secondary N) is 2. The van der Waals surface area contributed by atoms with Gasteiger partial charge >= 0.3 is 6.03 Å². The Bertz CT molecular complexity index is 310. The highest BCUT2D eigenvalue weighted by atomic mass is 16.5. The average molecular weight is 269 g/mol. The zero-order valence-corrected chi connectivity index (χ0v) is 11.3. The molecule has 2 saturated heterocycles. The predicted molar refractivity (Wildman–Crippen MR) is 70.8 cm³/mol. The zero-order chi connectivity index (χ0) is 13.5. The summed E-state index contributed by atoms with van der Waals surface area (Å²) in [5.41, 5.74) is 0. The Labute approximate surface area is 113 Å². The smallest absolute Gasteiger partial charge is 0.315 e. The molecule has 3 amide bonds. The summed E-state index contributed by atoms with van der Waals surface area (Å²) < 4.78 is 5.52. The van der Waals surface area contributed by atoms with E-state index in [9.17, 15) is 9.59 Å². The molecule has 1 atom stereocenters. The van der Waals surface area contributed by atoms with Gasteiger partial charge in [0.05, 0.1) is 12.6 Å². The molecule has 2 aliphatic heterocycles. The minimum atomic E-state index is -0.290. The number of likely N-dealkylation sites (tertiary alicyclic amines) is 1. The number of carbonyl (C=O) groups is 2. The lowest BCUT2D eigenvalue weighted by atomic mass is 10.1. The minimum absolute atomic E-state index is 0.00145. The lowest BCUT2D eigenvalue weighted by Gasteiger charge is -2.22. The number of ether oxygens (including phenoxy) is 1. The Morgan fingerprint density at radius 2 is 1.89 bits per heavy atom. The molecule has 0 bridgehead atoms. The fraction of sp³-hybridized carbons (Fsp3) is 0.846. The number of hydrogen-bond acceptors (Lipinski definition) is 3. The van der Waals surface area contributed by atoms with Crippen molar-refractivity contribution >= 4 is 11.9 Å². The van der Waals surface area contributed by atoms with Gasteiger partial charge in [-0.3, -0.25) is 4.79 Å². The summed E-state index contributed by atoms with van der Waals surface area (Å²) in [6.07, 6.45) is 5.50. The van der Waals surface area contributed by atoms with E-state index in [0.717, 1.165) is 51.8 Å². The molecular formula is C13H23N3O3. The topological polar surface area (TPSA) is 70.7 Å². The largest absolute Gasteiger partial charge is 0.376 e. The molecule has 2 heterocycles. The third-order valence-corrected chi connectivity index (χ3v) is 3.62. The van der Waals surface area contributed by atoms with Crippen LogP contribution in [0, 0.1) is 0 Å². The van der Waals surface area contributed by atoms with Gasteiger partial charge in [-0.2, -0.15) is 0 Å². The minimum Gasteiger partial charge on any atom is -0.376 e. The van der Waals surface area contributed by atoms with Crippen LogP contribution in [0.25, 0.3) is 0 Å². The lowest BCUT2D eigenvalue weighted by Crippen LogP contribution is -2.45. The molecule has 0 aromatic rings. The van der Waals surface area contributed by atoms with Crippen molar-refractivity contribution in [3.05, 3.63) is 0 Å². The molecule has 6 nitrogen and oxygen atoms in total. The van der Waals surface area contributed by atoms with Gasteiger partial charge in [0.25, 0.3) is 0 Å². The van der Waals surface area contributed by atoms with Crippen LogP contribution in [0.5, 0.6) is 0 Å². The van der Waals surface area contributed by atoms with Gasteiger partial charge < -0.3 is 20.3 Å². The van der Waals surface area contributed by atoms with Crippen LogP contribution in [0.2, 0.25) is 0 Å². The van der Waals surface area contributed by atoms with E-state index in [2.05, 4.69) is 10.6 Å². The van der Waals surface area contributed by atoms with E-state index < -0.39 is 0 Å². The molecule has 2 N–H and O–H groups in total. The van der Waals surface area contributed by atoms with E-state index >= 15 is 0 Å². The molecule has 0 saturated carbocycles. The number of hydrogen-bond donors (Lipinski definition) is 2. The highest BCUT2D eigenvalue weighted by Crippen LogP contribution is 2.11. The van der Waals surface area contributed by atoms with E-state index in [1.165, 1.54) is 0 Å². The monoisotopic (exact) mass is 269 g/mol. The SMILES string of the molecule is O=C(NCC(=O)N1CCCC1)NCC1CCCCO1. The van der Waals surface area contributed by atoms with Gasteiger partial charge in [0, 0.05) is 26.2 Å². The molecule has 0 aromatic heterocycles. The zero-order valence-electron chi connectivity index (χ0n) is 11.3. The first-order chi connectivity index (χ1) is 9.25. The second-order valence-corrected chi connectivity index (χ2v) is 5.14. The molecule has 0 aromatic carbocycles. The van der Waals surface area contributed by atoms with E-state index in [1.807, 2.05) is 0 Å². The Morgan fingerprint density at radius 3 is 2.58 bits per heavy atom. The first-order valence-electron chi connectivity index (χ1n) is 7.17. The second kappa shape index (κ2) is 7.33.